The topological polar surface area (TPSA) is 9.23 Å². The minimum absolute atomic E-state index is 0.0317. The Hall–Kier alpha value is -0.640. The molecule has 0 aromatic heterocycles. The van der Waals surface area contributed by atoms with E-state index in [0.29, 0.717) is 13.2 Å². The maximum atomic E-state index is 5.96. The van der Waals surface area contributed by atoms with Crippen molar-refractivity contribution in [2.75, 3.05) is 17.3 Å². The number of hydrogen-bond acceptors (Lipinski definition) is 1. The summed E-state index contributed by atoms with van der Waals surface area (Å²) < 4.78 is 5.96. The van der Waals surface area contributed by atoms with Crippen LogP contribution in [0, 0.1) is 0 Å². The summed E-state index contributed by atoms with van der Waals surface area (Å²) >= 11 is 7.29. The van der Waals surface area contributed by atoms with Gasteiger partial charge in [-0.05, 0) is 11.1 Å². The molecule has 0 N–H and O–H groups in total. The Morgan fingerprint density at radius 1 is 0.800 bits per heavy atom. The molecule has 0 aliphatic rings. The van der Waals surface area contributed by atoms with Gasteiger partial charge >= 0.3 is 0 Å². The predicted octanol–water partition coefficient (Wildman–Crippen LogP) is 4.93. The number of ether oxygens (including phenoxy) is 1. The maximum Gasteiger partial charge on any atom is 0.0717 e. The minimum Gasteiger partial charge on any atom is -0.376 e. The second kappa shape index (κ2) is 7.96. The van der Waals surface area contributed by atoms with E-state index in [-0.39, 0.29) is 5.41 Å². The zero-order valence-corrected chi connectivity index (χ0v) is 14.4. The van der Waals surface area contributed by atoms with Gasteiger partial charge in [0, 0.05) is 16.1 Å². The van der Waals surface area contributed by atoms with E-state index in [9.17, 15) is 0 Å². The van der Waals surface area contributed by atoms with E-state index in [1.165, 1.54) is 11.1 Å². The van der Waals surface area contributed by atoms with E-state index < -0.39 is 0 Å². The van der Waals surface area contributed by atoms with Crippen LogP contribution in [0.5, 0.6) is 0 Å². The van der Waals surface area contributed by atoms with Gasteiger partial charge in [0.25, 0.3) is 0 Å². The van der Waals surface area contributed by atoms with Crippen molar-refractivity contribution < 1.29 is 4.74 Å². The van der Waals surface area contributed by atoms with Crippen molar-refractivity contribution in [1.29, 1.82) is 0 Å². The number of rotatable bonds is 7. The van der Waals surface area contributed by atoms with Gasteiger partial charge in [0.2, 0.25) is 0 Å². The van der Waals surface area contributed by atoms with Gasteiger partial charge < -0.3 is 4.74 Å². The quantitative estimate of drug-likeness (QED) is 0.601. The van der Waals surface area contributed by atoms with E-state index in [4.69, 9.17) is 4.74 Å². The average Bonchev–Trinajstić information content (AvgIpc) is 2.54. The van der Waals surface area contributed by atoms with E-state index >= 15 is 0 Å². The first kappa shape index (κ1) is 15.7. The Morgan fingerprint density at radius 3 is 1.90 bits per heavy atom. The van der Waals surface area contributed by atoms with Gasteiger partial charge in [-0.3, -0.25) is 0 Å². The lowest BCUT2D eigenvalue weighted by Gasteiger charge is -2.30. The van der Waals surface area contributed by atoms with Crippen molar-refractivity contribution >= 4 is 31.9 Å². The lowest BCUT2D eigenvalue weighted by molar-refractivity contribution is 0.0862. The van der Waals surface area contributed by atoms with Gasteiger partial charge in [0.1, 0.15) is 0 Å². The molecule has 106 valence electrons. The molecule has 0 bridgehead atoms. The van der Waals surface area contributed by atoms with Gasteiger partial charge in [-0.15, -0.1) is 0 Å². The lowest BCUT2D eigenvalue weighted by Crippen LogP contribution is -2.35. The molecule has 0 atom stereocenters. The molecule has 3 heteroatoms. The van der Waals surface area contributed by atoms with Crippen LogP contribution in [0.3, 0.4) is 0 Å². The highest BCUT2D eigenvalue weighted by Gasteiger charge is 2.30. The van der Waals surface area contributed by atoms with Crippen LogP contribution < -0.4 is 0 Å². The summed E-state index contributed by atoms with van der Waals surface area (Å²) in [6.45, 7) is 1.33. The fourth-order valence-electron chi connectivity index (χ4n) is 2.08. The molecule has 0 aliphatic carbocycles. The monoisotopic (exact) mass is 396 g/mol. The number of benzene rings is 2. The number of hydrogen-bond donors (Lipinski definition) is 0. The van der Waals surface area contributed by atoms with Crippen molar-refractivity contribution in [2.45, 2.75) is 12.0 Å². The Morgan fingerprint density at radius 2 is 1.35 bits per heavy atom. The SMILES string of the molecule is BrCC(CBr)(COCc1ccccc1)c1ccccc1. The van der Waals surface area contributed by atoms with Crippen molar-refractivity contribution in [2.24, 2.45) is 0 Å². The summed E-state index contributed by atoms with van der Waals surface area (Å²) in [5.74, 6) is 0. The molecule has 0 aliphatic heterocycles. The van der Waals surface area contributed by atoms with Crippen LogP contribution in [-0.4, -0.2) is 17.3 Å². The van der Waals surface area contributed by atoms with Crippen LogP contribution in [0.2, 0.25) is 0 Å². The van der Waals surface area contributed by atoms with Crippen LogP contribution in [0.15, 0.2) is 60.7 Å². The van der Waals surface area contributed by atoms with E-state index in [1.807, 2.05) is 24.3 Å². The molecule has 20 heavy (non-hydrogen) atoms. The Kier molecular flexibility index (Phi) is 6.27. The van der Waals surface area contributed by atoms with Gasteiger partial charge in [0.05, 0.1) is 13.2 Å². The highest BCUT2D eigenvalue weighted by Crippen LogP contribution is 2.29. The molecule has 0 saturated carbocycles. The number of halogens is 2. The molecular formula is C17H18Br2O. The summed E-state index contributed by atoms with van der Waals surface area (Å²) in [5, 5.41) is 1.73. The average molecular weight is 398 g/mol. The zero-order chi connectivity index (χ0) is 14.3. The molecule has 1 nitrogen and oxygen atoms in total. The van der Waals surface area contributed by atoms with Crippen molar-refractivity contribution in [3.63, 3.8) is 0 Å². The van der Waals surface area contributed by atoms with E-state index in [0.717, 1.165) is 10.7 Å². The normalized spacial score (nSPS) is 11.5. The molecule has 2 rings (SSSR count). The Labute approximate surface area is 137 Å². The van der Waals surface area contributed by atoms with Crippen LogP contribution >= 0.6 is 31.9 Å². The Balaban J connectivity index is 2.03. The van der Waals surface area contributed by atoms with Gasteiger partial charge in [-0.2, -0.15) is 0 Å². The zero-order valence-electron chi connectivity index (χ0n) is 11.3. The van der Waals surface area contributed by atoms with E-state index in [2.05, 4.69) is 68.3 Å². The number of alkyl halides is 2. The predicted molar refractivity (Wildman–Crippen MR) is 91.8 cm³/mol. The first-order chi connectivity index (χ1) is 9.80. The smallest absolute Gasteiger partial charge is 0.0717 e. The summed E-state index contributed by atoms with van der Waals surface area (Å²) in [7, 11) is 0. The molecule has 2 aromatic rings. The van der Waals surface area contributed by atoms with Gasteiger partial charge in [-0.25, -0.2) is 0 Å². The Bertz CT molecular complexity index is 495. The fraction of sp³-hybridized carbons (Fsp3) is 0.294. The molecular weight excluding hydrogens is 380 g/mol. The molecule has 0 amide bonds. The standard InChI is InChI=1S/C17H18Br2O/c18-12-17(13-19,16-9-5-2-6-10-16)14-20-11-15-7-3-1-4-8-15/h1-10H,11-14H2. The summed E-state index contributed by atoms with van der Waals surface area (Å²) in [6.07, 6.45) is 0. The summed E-state index contributed by atoms with van der Waals surface area (Å²) in [4.78, 5) is 0. The van der Waals surface area contributed by atoms with Gasteiger partial charge in [0.15, 0.2) is 0 Å². The molecule has 0 saturated heterocycles. The maximum absolute atomic E-state index is 5.96. The van der Waals surface area contributed by atoms with Crippen LogP contribution in [-0.2, 0) is 16.8 Å². The largest absolute Gasteiger partial charge is 0.376 e. The molecule has 0 spiro atoms. The van der Waals surface area contributed by atoms with Crippen LogP contribution in [0.1, 0.15) is 11.1 Å². The summed E-state index contributed by atoms with van der Waals surface area (Å²) in [5.41, 5.74) is 2.47. The second-order valence-corrected chi connectivity index (χ2v) is 6.01. The molecule has 2 aromatic carbocycles. The molecule has 0 heterocycles. The first-order valence-electron chi connectivity index (χ1n) is 6.60. The third-order valence-electron chi connectivity index (χ3n) is 3.39. The highest BCUT2D eigenvalue weighted by atomic mass is 79.9. The third-order valence-corrected chi connectivity index (χ3v) is 5.53. The summed E-state index contributed by atoms with van der Waals surface area (Å²) in [6, 6.07) is 20.8. The van der Waals surface area contributed by atoms with E-state index in [1.54, 1.807) is 0 Å². The fourth-order valence-corrected chi connectivity index (χ4v) is 3.98. The third kappa shape index (κ3) is 3.94. The molecule has 0 radical (unpaired) electrons. The molecule has 0 unspecified atom stereocenters. The lowest BCUT2D eigenvalue weighted by atomic mass is 9.85. The second-order valence-electron chi connectivity index (χ2n) is 4.89. The van der Waals surface area contributed by atoms with Crippen LogP contribution in [0.4, 0.5) is 0 Å². The first-order valence-corrected chi connectivity index (χ1v) is 8.84. The highest BCUT2D eigenvalue weighted by molar-refractivity contribution is 9.09. The van der Waals surface area contributed by atoms with Crippen molar-refractivity contribution in [3.8, 4) is 0 Å². The minimum atomic E-state index is -0.0317. The molecule has 0 fully saturated rings. The van der Waals surface area contributed by atoms with Crippen molar-refractivity contribution in [1.82, 2.24) is 0 Å². The van der Waals surface area contributed by atoms with Gasteiger partial charge in [-0.1, -0.05) is 92.5 Å². The van der Waals surface area contributed by atoms with Crippen LogP contribution in [0.25, 0.3) is 0 Å². The van der Waals surface area contributed by atoms with Crippen molar-refractivity contribution in [3.05, 3.63) is 71.8 Å².